The molecule has 4 heteroatoms. The van der Waals surface area contributed by atoms with Crippen molar-refractivity contribution in [2.24, 2.45) is 0 Å². The van der Waals surface area contributed by atoms with E-state index in [-0.39, 0.29) is 11.9 Å². The third-order valence-corrected chi connectivity index (χ3v) is 3.97. The summed E-state index contributed by atoms with van der Waals surface area (Å²) in [5, 5.41) is 7.52. The second-order valence-electron chi connectivity index (χ2n) is 4.42. The monoisotopic (exact) mass is 258 g/mol. The number of nitrogens with zero attached hydrogens (tertiary/aromatic N) is 1. The minimum Gasteiger partial charge on any atom is -0.377 e. The third-order valence-electron chi connectivity index (χ3n) is 3.29. The Morgan fingerprint density at radius 1 is 1.33 bits per heavy atom. The van der Waals surface area contributed by atoms with Gasteiger partial charge in [-0.2, -0.15) is 11.3 Å². The lowest BCUT2D eigenvalue weighted by Crippen LogP contribution is -2.35. The topological polar surface area (TPSA) is 32.3 Å². The highest BCUT2D eigenvalue weighted by atomic mass is 32.1. The Hall–Kier alpha value is -1.81. The molecule has 1 N–H and O–H groups in total. The van der Waals surface area contributed by atoms with E-state index in [2.05, 4.69) is 16.8 Å². The van der Waals surface area contributed by atoms with Crippen LogP contribution in [-0.4, -0.2) is 13.0 Å². The minimum atomic E-state index is 0.0690. The molecule has 3 nitrogen and oxygen atoms in total. The SMILES string of the molecule is CN1C(=O)CC(Nc2ccsc2)c2ccccc21. The summed E-state index contributed by atoms with van der Waals surface area (Å²) in [7, 11) is 1.84. The first kappa shape index (κ1) is 11.3. The maximum absolute atomic E-state index is 12.0. The van der Waals surface area contributed by atoms with Crippen LogP contribution in [0.1, 0.15) is 18.0 Å². The van der Waals surface area contributed by atoms with Gasteiger partial charge in [0.15, 0.2) is 0 Å². The van der Waals surface area contributed by atoms with Gasteiger partial charge in [0.2, 0.25) is 5.91 Å². The fourth-order valence-electron chi connectivity index (χ4n) is 2.32. The highest BCUT2D eigenvalue weighted by molar-refractivity contribution is 7.08. The molecular formula is C14H14N2OS. The fraction of sp³-hybridized carbons (Fsp3) is 0.214. The zero-order valence-corrected chi connectivity index (χ0v) is 10.9. The van der Waals surface area contributed by atoms with Crippen LogP contribution in [0.15, 0.2) is 41.1 Å². The van der Waals surface area contributed by atoms with E-state index < -0.39 is 0 Å². The van der Waals surface area contributed by atoms with Gasteiger partial charge in [-0.25, -0.2) is 0 Å². The van der Waals surface area contributed by atoms with Crippen molar-refractivity contribution in [3.8, 4) is 0 Å². The van der Waals surface area contributed by atoms with Crippen molar-refractivity contribution < 1.29 is 4.79 Å². The lowest BCUT2D eigenvalue weighted by molar-refractivity contribution is -0.118. The maximum atomic E-state index is 12.0. The van der Waals surface area contributed by atoms with Crippen LogP contribution < -0.4 is 10.2 Å². The molecule has 0 spiro atoms. The quantitative estimate of drug-likeness (QED) is 0.896. The fourth-order valence-corrected chi connectivity index (χ4v) is 2.92. The first-order valence-electron chi connectivity index (χ1n) is 5.90. The summed E-state index contributed by atoms with van der Waals surface area (Å²) in [6.07, 6.45) is 0.503. The van der Waals surface area contributed by atoms with Crippen LogP contribution in [0.4, 0.5) is 11.4 Å². The number of hydrogen-bond donors (Lipinski definition) is 1. The average molecular weight is 258 g/mol. The number of para-hydroxylation sites is 1. The molecule has 0 fully saturated rings. The third kappa shape index (κ3) is 1.88. The Balaban J connectivity index is 1.96. The number of benzene rings is 1. The van der Waals surface area contributed by atoms with E-state index in [0.29, 0.717) is 6.42 Å². The molecule has 1 amide bonds. The molecule has 1 aliphatic rings. The van der Waals surface area contributed by atoms with E-state index >= 15 is 0 Å². The van der Waals surface area contributed by atoms with Gasteiger partial charge in [0.1, 0.15) is 0 Å². The Morgan fingerprint density at radius 2 is 2.17 bits per heavy atom. The molecule has 92 valence electrons. The van der Waals surface area contributed by atoms with E-state index in [1.807, 2.05) is 36.7 Å². The number of hydrogen-bond acceptors (Lipinski definition) is 3. The summed E-state index contributed by atoms with van der Waals surface area (Å²) in [4.78, 5) is 13.7. The van der Waals surface area contributed by atoms with E-state index in [1.54, 1.807) is 16.2 Å². The molecule has 3 rings (SSSR count). The van der Waals surface area contributed by atoms with Crippen LogP contribution in [0.25, 0.3) is 0 Å². The smallest absolute Gasteiger partial charge is 0.229 e. The Kier molecular flexibility index (Phi) is 2.80. The largest absolute Gasteiger partial charge is 0.377 e. The number of thiophene rings is 1. The van der Waals surface area contributed by atoms with E-state index in [9.17, 15) is 4.79 Å². The van der Waals surface area contributed by atoms with Gasteiger partial charge in [-0.3, -0.25) is 4.79 Å². The first-order chi connectivity index (χ1) is 8.75. The molecule has 0 saturated carbocycles. The molecule has 1 atom stereocenters. The van der Waals surface area contributed by atoms with E-state index in [0.717, 1.165) is 11.4 Å². The predicted molar refractivity (Wildman–Crippen MR) is 75.2 cm³/mol. The van der Waals surface area contributed by atoms with Crippen LogP contribution >= 0.6 is 11.3 Å². The highest BCUT2D eigenvalue weighted by Gasteiger charge is 2.28. The summed E-state index contributed by atoms with van der Waals surface area (Å²) in [5.74, 6) is 0.154. The molecule has 0 bridgehead atoms. The van der Waals surface area contributed by atoms with Gasteiger partial charge in [-0.15, -0.1) is 0 Å². The molecule has 1 aromatic carbocycles. The second kappa shape index (κ2) is 4.46. The number of carbonyl (C=O) groups is 1. The van der Waals surface area contributed by atoms with Crippen LogP contribution in [-0.2, 0) is 4.79 Å². The average Bonchev–Trinajstić information content (AvgIpc) is 2.89. The van der Waals surface area contributed by atoms with Gasteiger partial charge in [-0.05, 0) is 23.1 Å². The molecule has 2 heterocycles. The highest BCUT2D eigenvalue weighted by Crippen LogP contribution is 2.35. The van der Waals surface area contributed by atoms with Crippen LogP contribution in [0.2, 0.25) is 0 Å². The zero-order valence-electron chi connectivity index (χ0n) is 10.1. The summed E-state index contributed by atoms with van der Waals surface area (Å²) >= 11 is 1.65. The first-order valence-corrected chi connectivity index (χ1v) is 6.84. The van der Waals surface area contributed by atoms with Crippen LogP contribution in [0, 0.1) is 0 Å². The van der Waals surface area contributed by atoms with Crippen molar-refractivity contribution in [3.05, 3.63) is 46.7 Å². The van der Waals surface area contributed by atoms with Crippen molar-refractivity contribution in [3.63, 3.8) is 0 Å². The van der Waals surface area contributed by atoms with Gasteiger partial charge >= 0.3 is 0 Å². The lowest BCUT2D eigenvalue weighted by atomic mass is 9.96. The normalized spacial score (nSPS) is 18.6. The van der Waals surface area contributed by atoms with E-state index in [1.165, 1.54) is 5.56 Å². The molecule has 0 aliphatic carbocycles. The second-order valence-corrected chi connectivity index (χ2v) is 5.20. The molecule has 1 aliphatic heterocycles. The van der Waals surface area contributed by atoms with Gasteiger partial charge in [0.05, 0.1) is 12.5 Å². The summed E-state index contributed by atoms with van der Waals surface area (Å²) in [5.41, 5.74) is 3.27. The number of fused-ring (bicyclic) bond motifs is 1. The molecule has 1 unspecified atom stereocenters. The number of carbonyl (C=O) groups excluding carboxylic acids is 1. The number of anilines is 2. The molecule has 18 heavy (non-hydrogen) atoms. The molecule has 1 aromatic heterocycles. The minimum absolute atomic E-state index is 0.0690. The number of rotatable bonds is 2. The maximum Gasteiger partial charge on any atom is 0.229 e. The Bertz CT molecular complexity index is 565. The van der Waals surface area contributed by atoms with Crippen molar-refractivity contribution >= 4 is 28.6 Å². The van der Waals surface area contributed by atoms with Crippen molar-refractivity contribution in [1.82, 2.24) is 0 Å². The predicted octanol–water partition coefficient (Wildman–Crippen LogP) is 3.27. The van der Waals surface area contributed by atoms with Crippen molar-refractivity contribution in [2.75, 3.05) is 17.3 Å². The number of amides is 1. The lowest BCUT2D eigenvalue weighted by Gasteiger charge is -2.32. The van der Waals surface area contributed by atoms with Gasteiger partial charge in [0.25, 0.3) is 0 Å². The van der Waals surface area contributed by atoms with Crippen molar-refractivity contribution in [1.29, 1.82) is 0 Å². The molecule has 0 saturated heterocycles. The zero-order chi connectivity index (χ0) is 12.5. The van der Waals surface area contributed by atoms with Crippen LogP contribution in [0.5, 0.6) is 0 Å². The molecular weight excluding hydrogens is 244 g/mol. The van der Waals surface area contributed by atoms with Gasteiger partial charge < -0.3 is 10.2 Å². The summed E-state index contributed by atoms with van der Waals surface area (Å²) in [6, 6.07) is 10.2. The summed E-state index contributed by atoms with van der Waals surface area (Å²) < 4.78 is 0. The van der Waals surface area contributed by atoms with Gasteiger partial charge in [-0.1, -0.05) is 18.2 Å². The van der Waals surface area contributed by atoms with Gasteiger partial charge in [0, 0.05) is 23.8 Å². The Labute approximate surface area is 110 Å². The number of nitrogens with one attached hydrogen (secondary N) is 1. The standard InChI is InChI=1S/C14H14N2OS/c1-16-13-5-3-2-4-11(13)12(8-14(16)17)15-10-6-7-18-9-10/h2-7,9,12,15H,8H2,1H3. The Morgan fingerprint density at radius 3 is 2.94 bits per heavy atom. The molecule has 0 radical (unpaired) electrons. The summed E-state index contributed by atoms with van der Waals surface area (Å²) in [6.45, 7) is 0. The molecule has 2 aromatic rings. The van der Waals surface area contributed by atoms with Crippen LogP contribution in [0.3, 0.4) is 0 Å². The van der Waals surface area contributed by atoms with E-state index in [4.69, 9.17) is 0 Å². The van der Waals surface area contributed by atoms with Crippen molar-refractivity contribution in [2.45, 2.75) is 12.5 Å².